The molecule has 1 aliphatic carbocycles. The molecule has 3 heteroatoms. The third kappa shape index (κ3) is 2.71. The summed E-state index contributed by atoms with van der Waals surface area (Å²) in [6, 6.07) is 5.47. The van der Waals surface area contributed by atoms with E-state index in [0.29, 0.717) is 22.4 Å². The Labute approximate surface area is 106 Å². The predicted molar refractivity (Wildman–Crippen MR) is 68.1 cm³/mol. The van der Waals surface area contributed by atoms with Gasteiger partial charge in [-0.15, -0.1) is 0 Å². The molecule has 88 valence electrons. The molecule has 0 aromatic heterocycles. The van der Waals surface area contributed by atoms with Crippen LogP contribution in [0.1, 0.15) is 31.7 Å². The van der Waals surface area contributed by atoms with Gasteiger partial charge in [0, 0.05) is 16.5 Å². The van der Waals surface area contributed by atoms with Crippen LogP contribution in [-0.2, 0) is 6.42 Å². The zero-order valence-corrected chi connectivity index (χ0v) is 10.9. The van der Waals surface area contributed by atoms with Crippen LogP contribution < -0.4 is 0 Å². The van der Waals surface area contributed by atoms with Gasteiger partial charge >= 0.3 is 0 Å². The second-order valence-corrected chi connectivity index (χ2v) is 5.83. The fraction of sp³-hybridized carbons (Fsp3) is 0.538. The molecule has 1 N–H and O–H groups in total. The maximum Gasteiger partial charge on any atom is 0.0691 e. The van der Waals surface area contributed by atoms with Gasteiger partial charge in [0.15, 0.2) is 0 Å². The number of hydrogen-bond donors (Lipinski definition) is 1. The minimum atomic E-state index is -0.573. The summed E-state index contributed by atoms with van der Waals surface area (Å²) in [7, 11) is 0. The summed E-state index contributed by atoms with van der Waals surface area (Å²) in [6.07, 6.45) is 3.47. The van der Waals surface area contributed by atoms with E-state index >= 15 is 0 Å². The SMILES string of the molecule is CC1CCC(O)(Cc2ccc(Cl)cc2Cl)C1. The first kappa shape index (κ1) is 12.2. The van der Waals surface area contributed by atoms with Gasteiger partial charge in [-0.05, 0) is 42.9 Å². The van der Waals surface area contributed by atoms with Crippen molar-refractivity contribution in [3.8, 4) is 0 Å². The zero-order chi connectivity index (χ0) is 11.8. The molecule has 2 rings (SSSR count). The Bertz CT molecular complexity index is 392. The topological polar surface area (TPSA) is 20.2 Å². The van der Waals surface area contributed by atoms with Crippen LogP contribution >= 0.6 is 23.2 Å². The lowest BCUT2D eigenvalue weighted by Crippen LogP contribution is -2.27. The molecule has 2 atom stereocenters. The van der Waals surface area contributed by atoms with E-state index in [0.717, 1.165) is 24.8 Å². The van der Waals surface area contributed by atoms with Crippen LogP contribution in [0.25, 0.3) is 0 Å². The van der Waals surface area contributed by atoms with Gasteiger partial charge in [0.25, 0.3) is 0 Å². The molecule has 2 unspecified atom stereocenters. The summed E-state index contributed by atoms with van der Waals surface area (Å²) >= 11 is 12.0. The number of rotatable bonds is 2. The Morgan fingerprint density at radius 3 is 2.75 bits per heavy atom. The first-order valence-electron chi connectivity index (χ1n) is 5.65. The van der Waals surface area contributed by atoms with Crippen LogP contribution in [0.2, 0.25) is 10.0 Å². The second-order valence-electron chi connectivity index (χ2n) is 4.98. The van der Waals surface area contributed by atoms with Gasteiger partial charge in [-0.25, -0.2) is 0 Å². The molecule has 0 saturated heterocycles. The molecule has 1 saturated carbocycles. The average molecular weight is 259 g/mol. The van der Waals surface area contributed by atoms with E-state index in [2.05, 4.69) is 6.92 Å². The summed E-state index contributed by atoms with van der Waals surface area (Å²) < 4.78 is 0. The van der Waals surface area contributed by atoms with Crippen LogP contribution in [0.4, 0.5) is 0 Å². The first-order valence-corrected chi connectivity index (χ1v) is 6.40. The number of halogens is 2. The Balaban J connectivity index is 2.14. The van der Waals surface area contributed by atoms with Crippen molar-refractivity contribution >= 4 is 23.2 Å². The number of hydrogen-bond acceptors (Lipinski definition) is 1. The smallest absolute Gasteiger partial charge is 0.0691 e. The zero-order valence-electron chi connectivity index (χ0n) is 9.34. The Hall–Kier alpha value is -0.240. The van der Waals surface area contributed by atoms with E-state index in [4.69, 9.17) is 23.2 Å². The van der Waals surface area contributed by atoms with E-state index in [1.54, 1.807) is 6.07 Å². The van der Waals surface area contributed by atoms with Crippen molar-refractivity contribution < 1.29 is 5.11 Å². The molecule has 1 nitrogen and oxygen atoms in total. The standard InChI is InChI=1S/C13H16Cl2O/c1-9-4-5-13(16,7-9)8-10-2-3-11(14)6-12(10)15/h2-3,6,9,16H,4-5,7-8H2,1H3. The first-order chi connectivity index (χ1) is 7.48. The minimum absolute atomic E-state index is 0.573. The quantitative estimate of drug-likeness (QED) is 0.848. The van der Waals surface area contributed by atoms with Crippen molar-refractivity contribution in [3.63, 3.8) is 0 Å². The average Bonchev–Trinajstić information content (AvgIpc) is 2.52. The lowest BCUT2D eigenvalue weighted by Gasteiger charge is -2.23. The van der Waals surface area contributed by atoms with Crippen LogP contribution in [0, 0.1) is 5.92 Å². The molecule has 0 bridgehead atoms. The normalized spacial score (nSPS) is 29.6. The van der Waals surface area contributed by atoms with E-state index in [1.807, 2.05) is 12.1 Å². The van der Waals surface area contributed by atoms with Crippen LogP contribution in [0.15, 0.2) is 18.2 Å². The molecule has 1 fully saturated rings. The van der Waals surface area contributed by atoms with Crippen LogP contribution in [0.5, 0.6) is 0 Å². The summed E-state index contributed by atoms with van der Waals surface area (Å²) in [5.74, 6) is 0.607. The van der Waals surface area contributed by atoms with Gasteiger partial charge < -0.3 is 5.11 Å². The lowest BCUT2D eigenvalue weighted by atomic mass is 9.92. The van der Waals surface area contributed by atoms with Crippen molar-refractivity contribution in [1.29, 1.82) is 0 Å². The number of aliphatic hydroxyl groups is 1. The van der Waals surface area contributed by atoms with Gasteiger partial charge in [0.2, 0.25) is 0 Å². The number of benzene rings is 1. The summed E-state index contributed by atoms with van der Waals surface area (Å²) in [5.41, 5.74) is 0.416. The monoisotopic (exact) mass is 258 g/mol. The largest absolute Gasteiger partial charge is 0.390 e. The maximum absolute atomic E-state index is 10.4. The third-order valence-corrected chi connectivity index (χ3v) is 3.95. The van der Waals surface area contributed by atoms with Gasteiger partial charge in [-0.1, -0.05) is 36.2 Å². The molecular formula is C13H16Cl2O. The molecule has 0 amide bonds. The Morgan fingerprint density at radius 2 is 2.19 bits per heavy atom. The molecule has 0 spiro atoms. The van der Waals surface area contributed by atoms with Crippen molar-refractivity contribution in [2.45, 2.75) is 38.2 Å². The van der Waals surface area contributed by atoms with Crippen molar-refractivity contribution in [3.05, 3.63) is 33.8 Å². The maximum atomic E-state index is 10.4. The third-order valence-electron chi connectivity index (χ3n) is 3.37. The predicted octanol–water partition coefficient (Wildman–Crippen LogP) is 4.09. The highest BCUT2D eigenvalue weighted by Crippen LogP contribution is 2.38. The highest BCUT2D eigenvalue weighted by Gasteiger charge is 2.35. The molecule has 0 aliphatic heterocycles. The molecule has 0 heterocycles. The fourth-order valence-corrected chi connectivity index (χ4v) is 3.02. The van der Waals surface area contributed by atoms with E-state index in [9.17, 15) is 5.11 Å². The van der Waals surface area contributed by atoms with E-state index in [1.165, 1.54) is 0 Å². The van der Waals surface area contributed by atoms with Crippen molar-refractivity contribution in [2.75, 3.05) is 0 Å². The molecule has 1 aromatic rings. The molecule has 1 aliphatic rings. The summed E-state index contributed by atoms with van der Waals surface area (Å²) in [4.78, 5) is 0. The lowest BCUT2D eigenvalue weighted by molar-refractivity contribution is 0.0446. The highest BCUT2D eigenvalue weighted by molar-refractivity contribution is 6.35. The van der Waals surface area contributed by atoms with Crippen LogP contribution in [-0.4, -0.2) is 10.7 Å². The highest BCUT2D eigenvalue weighted by atomic mass is 35.5. The van der Waals surface area contributed by atoms with Gasteiger partial charge in [0.05, 0.1) is 5.60 Å². The fourth-order valence-electron chi connectivity index (χ4n) is 2.55. The van der Waals surface area contributed by atoms with Gasteiger partial charge in [-0.2, -0.15) is 0 Å². The Morgan fingerprint density at radius 1 is 1.44 bits per heavy atom. The Kier molecular flexibility index (Phi) is 3.48. The second kappa shape index (κ2) is 4.56. The van der Waals surface area contributed by atoms with E-state index in [-0.39, 0.29) is 0 Å². The molecule has 1 aromatic carbocycles. The van der Waals surface area contributed by atoms with Crippen molar-refractivity contribution in [2.24, 2.45) is 5.92 Å². The summed E-state index contributed by atoms with van der Waals surface area (Å²) in [5, 5.41) is 11.7. The van der Waals surface area contributed by atoms with Crippen LogP contribution in [0.3, 0.4) is 0 Å². The van der Waals surface area contributed by atoms with Gasteiger partial charge in [-0.3, -0.25) is 0 Å². The molecule has 0 radical (unpaired) electrons. The molecular weight excluding hydrogens is 243 g/mol. The summed E-state index contributed by atoms with van der Waals surface area (Å²) in [6.45, 7) is 2.18. The molecule has 16 heavy (non-hydrogen) atoms. The van der Waals surface area contributed by atoms with E-state index < -0.39 is 5.60 Å². The minimum Gasteiger partial charge on any atom is -0.390 e. The van der Waals surface area contributed by atoms with Gasteiger partial charge in [0.1, 0.15) is 0 Å². The van der Waals surface area contributed by atoms with Crippen molar-refractivity contribution in [1.82, 2.24) is 0 Å².